The van der Waals surface area contributed by atoms with Crippen LogP contribution in [0.25, 0.3) is 0 Å². The minimum absolute atomic E-state index is 0.0766. The Labute approximate surface area is 132 Å². The highest BCUT2D eigenvalue weighted by Gasteiger charge is 2.22. The minimum atomic E-state index is -0.519. The summed E-state index contributed by atoms with van der Waals surface area (Å²) in [6, 6.07) is 1.19. The molecule has 8 nitrogen and oxygen atoms in total. The highest BCUT2D eigenvalue weighted by Crippen LogP contribution is 2.23. The summed E-state index contributed by atoms with van der Waals surface area (Å²) in [5.74, 6) is -0.378. The monoisotopic (exact) mass is 317 g/mol. The van der Waals surface area contributed by atoms with Crippen LogP contribution in [0.3, 0.4) is 0 Å². The fourth-order valence-corrected chi connectivity index (χ4v) is 2.95. The van der Waals surface area contributed by atoms with E-state index in [9.17, 15) is 14.4 Å². The van der Waals surface area contributed by atoms with Gasteiger partial charge in [0.25, 0.3) is 11.5 Å². The molecule has 0 atom stereocenters. The normalized spacial score (nSPS) is 13.2. The molecule has 2 aromatic rings. The number of aromatic nitrogens is 4. The maximum Gasteiger partial charge on any atom is 0.331 e. The van der Waals surface area contributed by atoms with Crippen LogP contribution in [0.5, 0.6) is 0 Å². The van der Waals surface area contributed by atoms with Crippen LogP contribution in [0.15, 0.2) is 15.7 Å². The predicted molar refractivity (Wildman–Crippen MR) is 83.3 cm³/mol. The van der Waals surface area contributed by atoms with Crippen molar-refractivity contribution in [2.75, 3.05) is 7.05 Å². The summed E-state index contributed by atoms with van der Waals surface area (Å²) in [6.07, 6.45) is 3.05. The summed E-state index contributed by atoms with van der Waals surface area (Å²) in [4.78, 5) is 37.8. The van der Waals surface area contributed by atoms with Gasteiger partial charge in [-0.05, 0) is 24.8 Å². The molecule has 2 heterocycles. The van der Waals surface area contributed by atoms with E-state index in [2.05, 4.69) is 10.2 Å². The van der Waals surface area contributed by atoms with E-state index in [1.807, 2.05) is 0 Å². The third-order valence-electron chi connectivity index (χ3n) is 4.37. The number of carbonyl (C=O) groups is 1. The van der Waals surface area contributed by atoms with E-state index in [0.29, 0.717) is 6.54 Å². The number of nitrogens with one attached hydrogen (secondary N) is 1. The van der Waals surface area contributed by atoms with Crippen molar-refractivity contribution >= 4 is 5.91 Å². The number of fused-ring (bicyclic) bond motifs is 1. The van der Waals surface area contributed by atoms with Gasteiger partial charge in [-0.2, -0.15) is 5.10 Å². The molecule has 1 aliphatic carbocycles. The van der Waals surface area contributed by atoms with E-state index >= 15 is 0 Å². The molecule has 1 aliphatic rings. The number of nitrogens with zero attached hydrogens (tertiary/aromatic N) is 4. The molecule has 23 heavy (non-hydrogen) atoms. The standard InChI is InChI=1S/C15H19N5O3/c1-18(8-11-9-5-4-6-10(9)16-17-11)14(22)12-7-13(21)20(3)15(23)19(12)2/h7H,4-6,8H2,1-3H3,(H,16,17). The molecule has 0 spiro atoms. The molecule has 8 heteroatoms. The van der Waals surface area contributed by atoms with Crippen LogP contribution in [-0.4, -0.2) is 37.2 Å². The summed E-state index contributed by atoms with van der Waals surface area (Å²) < 4.78 is 2.16. The fourth-order valence-electron chi connectivity index (χ4n) is 2.95. The van der Waals surface area contributed by atoms with E-state index in [1.54, 1.807) is 7.05 Å². The van der Waals surface area contributed by atoms with Crippen molar-refractivity contribution in [1.29, 1.82) is 0 Å². The Morgan fingerprint density at radius 2 is 2.04 bits per heavy atom. The van der Waals surface area contributed by atoms with Crippen LogP contribution in [0, 0.1) is 0 Å². The molecule has 0 aromatic carbocycles. The van der Waals surface area contributed by atoms with Crippen LogP contribution < -0.4 is 11.2 Å². The summed E-state index contributed by atoms with van der Waals surface area (Å²) in [5.41, 5.74) is 2.24. The van der Waals surface area contributed by atoms with Gasteiger partial charge in [-0.1, -0.05) is 0 Å². The van der Waals surface area contributed by atoms with E-state index in [0.717, 1.165) is 35.2 Å². The molecular formula is C15H19N5O3. The summed E-state index contributed by atoms with van der Waals surface area (Å²) >= 11 is 0. The van der Waals surface area contributed by atoms with Crippen LogP contribution in [0.2, 0.25) is 0 Å². The molecule has 0 unspecified atom stereocenters. The number of hydrogen-bond donors (Lipinski definition) is 1. The van der Waals surface area contributed by atoms with Crippen molar-refractivity contribution in [2.24, 2.45) is 14.1 Å². The van der Waals surface area contributed by atoms with Crippen molar-refractivity contribution in [3.8, 4) is 0 Å². The van der Waals surface area contributed by atoms with E-state index in [-0.39, 0.29) is 11.6 Å². The molecule has 0 saturated carbocycles. The van der Waals surface area contributed by atoms with Crippen LogP contribution in [-0.2, 0) is 33.5 Å². The number of hydrogen-bond acceptors (Lipinski definition) is 4. The van der Waals surface area contributed by atoms with Crippen molar-refractivity contribution in [1.82, 2.24) is 24.2 Å². The van der Waals surface area contributed by atoms with Gasteiger partial charge in [0.15, 0.2) is 0 Å². The first kappa shape index (κ1) is 15.3. The molecule has 1 amide bonds. The van der Waals surface area contributed by atoms with E-state index in [1.165, 1.54) is 35.2 Å². The zero-order valence-corrected chi connectivity index (χ0v) is 13.4. The second-order valence-electron chi connectivity index (χ2n) is 5.91. The van der Waals surface area contributed by atoms with Gasteiger partial charge in [0.05, 0.1) is 12.2 Å². The third kappa shape index (κ3) is 2.49. The first-order chi connectivity index (χ1) is 10.9. The van der Waals surface area contributed by atoms with E-state index < -0.39 is 11.2 Å². The molecule has 3 rings (SSSR count). The maximum absolute atomic E-state index is 12.6. The number of amides is 1. The molecule has 0 fully saturated rings. The Bertz CT molecular complexity index is 889. The number of rotatable bonds is 3. The summed E-state index contributed by atoms with van der Waals surface area (Å²) in [5, 5.41) is 7.28. The zero-order chi connectivity index (χ0) is 16.7. The van der Waals surface area contributed by atoms with Crippen LogP contribution in [0.4, 0.5) is 0 Å². The highest BCUT2D eigenvalue weighted by atomic mass is 16.2. The molecule has 1 N–H and O–H groups in total. The van der Waals surface area contributed by atoms with Gasteiger partial charge in [-0.15, -0.1) is 0 Å². The number of carbonyl (C=O) groups excluding carboxylic acids is 1. The molecule has 0 bridgehead atoms. The second kappa shape index (κ2) is 5.53. The summed E-state index contributed by atoms with van der Waals surface area (Å²) in [6.45, 7) is 0.341. The average Bonchev–Trinajstić information content (AvgIpc) is 3.13. The maximum atomic E-state index is 12.6. The number of H-pyrrole nitrogens is 1. The number of aromatic amines is 1. The Morgan fingerprint density at radius 1 is 1.30 bits per heavy atom. The van der Waals surface area contributed by atoms with Crippen LogP contribution in [0.1, 0.15) is 33.9 Å². The first-order valence-electron chi connectivity index (χ1n) is 7.47. The first-order valence-corrected chi connectivity index (χ1v) is 7.47. The number of aryl methyl sites for hydroxylation is 1. The van der Waals surface area contributed by atoms with Gasteiger partial charge in [0.2, 0.25) is 0 Å². The zero-order valence-electron chi connectivity index (χ0n) is 13.4. The largest absolute Gasteiger partial charge is 0.334 e. The van der Waals surface area contributed by atoms with Gasteiger partial charge in [0, 0.05) is 32.9 Å². The minimum Gasteiger partial charge on any atom is -0.334 e. The lowest BCUT2D eigenvalue weighted by atomic mass is 10.2. The Kier molecular flexibility index (Phi) is 3.67. The highest BCUT2D eigenvalue weighted by molar-refractivity contribution is 5.92. The van der Waals surface area contributed by atoms with Gasteiger partial charge >= 0.3 is 5.69 Å². The Balaban J connectivity index is 1.88. The molecule has 0 saturated heterocycles. The topological polar surface area (TPSA) is 93.0 Å². The lowest BCUT2D eigenvalue weighted by molar-refractivity contribution is 0.0771. The Morgan fingerprint density at radius 3 is 2.78 bits per heavy atom. The third-order valence-corrected chi connectivity index (χ3v) is 4.37. The SMILES string of the molecule is CN(Cc1n[nH]c2c1CCC2)C(=O)c1cc(=O)n(C)c(=O)n1C. The fraction of sp³-hybridized carbons (Fsp3) is 0.467. The smallest absolute Gasteiger partial charge is 0.331 e. The molecule has 0 aliphatic heterocycles. The lowest BCUT2D eigenvalue weighted by Gasteiger charge is -2.18. The van der Waals surface area contributed by atoms with Gasteiger partial charge in [-0.25, -0.2) is 4.79 Å². The van der Waals surface area contributed by atoms with Gasteiger partial charge in [-0.3, -0.25) is 23.8 Å². The second-order valence-corrected chi connectivity index (χ2v) is 5.91. The quantitative estimate of drug-likeness (QED) is 0.831. The molecule has 122 valence electrons. The van der Waals surface area contributed by atoms with E-state index in [4.69, 9.17) is 0 Å². The van der Waals surface area contributed by atoms with Gasteiger partial charge < -0.3 is 4.90 Å². The van der Waals surface area contributed by atoms with Crippen molar-refractivity contribution < 1.29 is 4.79 Å². The van der Waals surface area contributed by atoms with Crippen LogP contribution >= 0.6 is 0 Å². The predicted octanol–water partition coefficient (Wildman–Crippen LogP) is -0.432. The molecular weight excluding hydrogens is 298 g/mol. The molecule has 0 radical (unpaired) electrons. The lowest BCUT2D eigenvalue weighted by Crippen LogP contribution is -2.41. The Hall–Kier alpha value is -2.64. The van der Waals surface area contributed by atoms with Crippen molar-refractivity contribution in [2.45, 2.75) is 25.8 Å². The van der Waals surface area contributed by atoms with Gasteiger partial charge in [0.1, 0.15) is 5.69 Å². The molecule has 2 aromatic heterocycles. The summed E-state index contributed by atoms with van der Waals surface area (Å²) in [7, 11) is 4.51. The average molecular weight is 317 g/mol. The van der Waals surface area contributed by atoms with Crippen molar-refractivity contribution in [3.63, 3.8) is 0 Å². The van der Waals surface area contributed by atoms with Crippen molar-refractivity contribution in [3.05, 3.63) is 49.5 Å².